The second-order valence-corrected chi connectivity index (χ2v) is 6.86. The molecule has 0 aliphatic rings. The van der Waals surface area contributed by atoms with Gasteiger partial charge in [0.25, 0.3) is 0 Å². The number of fused-ring (bicyclic) bond motifs is 1. The topological polar surface area (TPSA) is 54.4 Å². The molecule has 2 N–H and O–H groups in total. The maximum Gasteiger partial charge on any atom is 0.123 e. The van der Waals surface area contributed by atoms with Crippen molar-refractivity contribution < 1.29 is 9.84 Å². The number of rotatable bonds is 8. The van der Waals surface area contributed by atoms with E-state index in [1.54, 1.807) is 11.3 Å². The number of para-hydroxylation sites is 2. The molecule has 126 valence electrons. The van der Waals surface area contributed by atoms with Crippen LogP contribution in [0.1, 0.15) is 17.5 Å². The molecule has 2 aromatic carbocycles. The molecule has 4 nitrogen and oxygen atoms in total. The fourth-order valence-electron chi connectivity index (χ4n) is 2.57. The highest BCUT2D eigenvalue weighted by Gasteiger charge is 2.10. The molecule has 5 heteroatoms. The molecule has 1 atom stereocenters. The standard InChI is InChI=1S/C19H22N2O2S/c1-14(12-19-21-16-7-3-5-9-18(16)24-19)20-13-15-6-2-4-8-17(15)23-11-10-22/h2-9,14,20,22H,10-13H2,1H3. The summed E-state index contributed by atoms with van der Waals surface area (Å²) in [7, 11) is 0. The van der Waals surface area contributed by atoms with Crippen LogP contribution < -0.4 is 10.1 Å². The number of nitrogens with zero attached hydrogens (tertiary/aromatic N) is 1. The summed E-state index contributed by atoms with van der Waals surface area (Å²) in [6.07, 6.45) is 0.902. The summed E-state index contributed by atoms with van der Waals surface area (Å²) in [5.74, 6) is 0.825. The average Bonchev–Trinajstić information content (AvgIpc) is 3.01. The summed E-state index contributed by atoms with van der Waals surface area (Å²) >= 11 is 1.76. The first-order valence-corrected chi connectivity index (χ1v) is 8.97. The second-order valence-electron chi connectivity index (χ2n) is 5.74. The Kier molecular flexibility index (Phi) is 5.80. The van der Waals surface area contributed by atoms with Gasteiger partial charge in [0.2, 0.25) is 0 Å². The zero-order chi connectivity index (χ0) is 16.8. The Morgan fingerprint density at radius 2 is 1.96 bits per heavy atom. The van der Waals surface area contributed by atoms with E-state index in [1.807, 2.05) is 30.3 Å². The molecular weight excluding hydrogens is 320 g/mol. The lowest BCUT2D eigenvalue weighted by molar-refractivity contribution is 0.200. The number of hydrogen-bond donors (Lipinski definition) is 2. The molecule has 0 fully saturated rings. The minimum atomic E-state index is 0.0236. The van der Waals surface area contributed by atoms with Gasteiger partial charge in [0.05, 0.1) is 21.8 Å². The van der Waals surface area contributed by atoms with E-state index >= 15 is 0 Å². The first-order chi connectivity index (χ1) is 11.8. The van der Waals surface area contributed by atoms with Crippen LogP contribution in [-0.2, 0) is 13.0 Å². The van der Waals surface area contributed by atoms with Crippen LogP contribution >= 0.6 is 11.3 Å². The van der Waals surface area contributed by atoms with Crippen LogP contribution in [0, 0.1) is 0 Å². The largest absolute Gasteiger partial charge is 0.491 e. The summed E-state index contributed by atoms with van der Waals surface area (Å²) in [5, 5.41) is 13.6. The highest BCUT2D eigenvalue weighted by Crippen LogP contribution is 2.23. The first-order valence-electron chi connectivity index (χ1n) is 8.15. The highest BCUT2D eigenvalue weighted by atomic mass is 32.1. The molecule has 0 bridgehead atoms. The number of thiazole rings is 1. The van der Waals surface area contributed by atoms with Crippen molar-refractivity contribution >= 4 is 21.6 Å². The van der Waals surface area contributed by atoms with E-state index in [-0.39, 0.29) is 6.61 Å². The van der Waals surface area contributed by atoms with Crippen LogP contribution in [0.3, 0.4) is 0 Å². The van der Waals surface area contributed by atoms with E-state index in [1.165, 1.54) is 4.70 Å². The molecule has 0 aliphatic carbocycles. The van der Waals surface area contributed by atoms with Crippen LogP contribution in [0.2, 0.25) is 0 Å². The van der Waals surface area contributed by atoms with Gasteiger partial charge in [-0.2, -0.15) is 0 Å². The lowest BCUT2D eigenvalue weighted by atomic mass is 10.1. The van der Waals surface area contributed by atoms with E-state index in [4.69, 9.17) is 14.8 Å². The minimum absolute atomic E-state index is 0.0236. The average molecular weight is 342 g/mol. The van der Waals surface area contributed by atoms with Crippen molar-refractivity contribution in [2.45, 2.75) is 25.9 Å². The van der Waals surface area contributed by atoms with E-state index in [0.717, 1.165) is 34.8 Å². The predicted molar refractivity (Wildman–Crippen MR) is 98.6 cm³/mol. The fourth-order valence-corrected chi connectivity index (χ4v) is 3.67. The van der Waals surface area contributed by atoms with Crippen molar-refractivity contribution in [2.24, 2.45) is 0 Å². The maximum absolute atomic E-state index is 8.91. The van der Waals surface area contributed by atoms with E-state index < -0.39 is 0 Å². The van der Waals surface area contributed by atoms with Crippen molar-refractivity contribution in [1.82, 2.24) is 10.3 Å². The molecule has 3 rings (SSSR count). The molecule has 0 radical (unpaired) electrons. The van der Waals surface area contributed by atoms with Crippen molar-refractivity contribution in [1.29, 1.82) is 0 Å². The molecule has 0 saturated heterocycles. The Bertz CT molecular complexity index is 755. The van der Waals surface area contributed by atoms with Gasteiger partial charge in [0.1, 0.15) is 12.4 Å². The number of benzene rings is 2. The van der Waals surface area contributed by atoms with Crippen LogP contribution in [0.5, 0.6) is 5.75 Å². The number of ether oxygens (including phenoxy) is 1. The smallest absolute Gasteiger partial charge is 0.123 e. The van der Waals surface area contributed by atoms with Gasteiger partial charge in [-0.1, -0.05) is 30.3 Å². The Morgan fingerprint density at radius 1 is 1.17 bits per heavy atom. The van der Waals surface area contributed by atoms with E-state index in [9.17, 15) is 0 Å². The maximum atomic E-state index is 8.91. The minimum Gasteiger partial charge on any atom is -0.491 e. The van der Waals surface area contributed by atoms with Gasteiger partial charge in [0.15, 0.2) is 0 Å². The number of aliphatic hydroxyl groups excluding tert-OH is 1. The third-order valence-electron chi connectivity index (χ3n) is 3.78. The number of aliphatic hydroxyl groups is 1. The van der Waals surface area contributed by atoms with Crippen LogP contribution in [0.15, 0.2) is 48.5 Å². The van der Waals surface area contributed by atoms with Gasteiger partial charge < -0.3 is 15.2 Å². The number of nitrogens with one attached hydrogen (secondary N) is 1. The molecule has 3 aromatic rings. The van der Waals surface area contributed by atoms with E-state index in [0.29, 0.717) is 12.6 Å². The monoisotopic (exact) mass is 342 g/mol. The Labute approximate surface area is 146 Å². The highest BCUT2D eigenvalue weighted by molar-refractivity contribution is 7.18. The lowest BCUT2D eigenvalue weighted by Crippen LogP contribution is -2.27. The van der Waals surface area contributed by atoms with Crippen LogP contribution in [-0.4, -0.2) is 29.3 Å². The van der Waals surface area contributed by atoms with Gasteiger partial charge in [0, 0.05) is 24.6 Å². The van der Waals surface area contributed by atoms with Crippen molar-refractivity contribution in [3.8, 4) is 5.75 Å². The Hall–Kier alpha value is -1.95. The zero-order valence-corrected chi connectivity index (χ0v) is 14.6. The fraction of sp³-hybridized carbons (Fsp3) is 0.316. The van der Waals surface area contributed by atoms with Crippen molar-refractivity contribution in [3.05, 3.63) is 59.1 Å². The van der Waals surface area contributed by atoms with Crippen molar-refractivity contribution in [3.63, 3.8) is 0 Å². The molecule has 0 aliphatic heterocycles. The van der Waals surface area contributed by atoms with Gasteiger partial charge in [-0.05, 0) is 25.1 Å². The molecule has 0 amide bonds. The number of aromatic nitrogens is 1. The molecule has 1 unspecified atom stereocenters. The first kappa shape index (κ1) is 16.9. The summed E-state index contributed by atoms with van der Waals surface area (Å²) in [6, 6.07) is 16.5. The summed E-state index contributed by atoms with van der Waals surface area (Å²) < 4.78 is 6.81. The molecule has 1 heterocycles. The third-order valence-corrected chi connectivity index (χ3v) is 4.84. The Balaban J connectivity index is 1.58. The quantitative estimate of drug-likeness (QED) is 0.659. The summed E-state index contributed by atoms with van der Waals surface area (Å²) in [6.45, 7) is 3.24. The summed E-state index contributed by atoms with van der Waals surface area (Å²) in [4.78, 5) is 4.69. The number of hydrogen-bond acceptors (Lipinski definition) is 5. The molecular formula is C19H22N2O2S. The van der Waals surface area contributed by atoms with Crippen molar-refractivity contribution in [2.75, 3.05) is 13.2 Å². The van der Waals surface area contributed by atoms with Crippen LogP contribution in [0.25, 0.3) is 10.2 Å². The lowest BCUT2D eigenvalue weighted by Gasteiger charge is -2.15. The Morgan fingerprint density at radius 3 is 2.79 bits per heavy atom. The third kappa shape index (κ3) is 4.32. The summed E-state index contributed by atoms with van der Waals surface area (Å²) in [5.41, 5.74) is 2.18. The van der Waals surface area contributed by atoms with Crippen LogP contribution in [0.4, 0.5) is 0 Å². The van der Waals surface area contributed by atoms with Gasteiger partial charge in [-0.15, -0.1) is 11.3 Å². The molecule has 24 heavy (non-hydrogen) atoms. The zero-order valence-electron chi connectivity index (χ0n) is 13.7. The molecule has 1 aromatic heterocycles. The van der Waals surface area contributed by atoms with Gasteiger partial charge in [-0.3, -0.25) is 0 Å². The SMILES string of the molecule is CC(Cc1nc2ccccc2s1)NCc1ccccc1OCCO. The predicted octanol–water partition coefficient (Wildman–Crippen LogP) is 3.39. The van der Waals surface area contributed by atoms with Gasteiger partial charge in [-0.25, -0.2) is 4.98 Å². The second kappa shape index (κ2) is 8.24. The van der Waals surface area contributed by atoms with Gasteiger partial charge >= 0.3 is 0 Å². The molecule has 0 saturated carbocycles. The van der Waals surface area contributed by atoms with E-state index in [2.05, 4.69) is 30.4 Å². The molecule has 0 spiro atoms. The normalized spacial score (nSPS) is 12.4.